The first kappa shape index (κ1) is 14.4. The molecule has 0 spiro atoms. The summed E-state index contributed by atoms with van der Waals surface area (Å²) in [4.78, 5) is 11.5. The summed E-state index contributed by atoms with van der Waals surface area (Å²) in [6.45, 7) is 10.0. The molecule has 0 aromatic heterocycles. The van der Waals surface area contributed by atoms with Crippen LogP contribution >= 0.6 is 0 Å². The van der Waals surface area contributed by atoms with Gasteiger partial charge in [0.15, 0.2) is 0 Å². The van der Waals surface area contributed by atoms with Crippen molar-refractivity contribution < 1.29 is 9.53 Å². The number of rotatable bonds is 7. The van der Waals surface area contributed by atoms with Crippen LogP contribution in [0.3, 0.4) is 0 Å². The van der Waals surface area contributed by atoms with Crippen molar-refractivity contribution in [2.24, 2.45) is 17.1 Å². The Morgan fingerprint density at radius 3 is 2.53 bits per heavy atom. The number of carbonyl (C=O) groups excluding carboxylic acids is 1. The molecule has 0 bridgehead atoms. The lowest BCUT2D eigenvalue weighted by Crippen LogP contribution is -2.42. The minimum Gasteiger partial charge on any atom is -0.379 e. The minimum atomic E-state index is -0.488. The summed E-state index contributed by atoms with van der Waals surface area (Å²) < 4.78 is 5.35. The van der Waals surface area contributed by atoms with Gasteiger partial charge in [-0.25, -0.2) is 0 Å². The molecule has 90 valence electrons. The maximum Gasteiger partial charge on any atom is 0.227 e. The van der Waals surface area contributed by atoms with Crippen molar-refractivity contribution in [3.63, 3.8) is 0 Å². The van der Waals surface area contributed by atoms with Crippen LogP contribution in [-0.4, -0.2) is 32.2 Å². The zero-order valence-electron chi connectivity index (χ0n) is 10.3. The van der Waals surface area contributed by atoms with Crippen LogP contribution in [0.4, 0.5) is 0 Å². The Balaban J connectivity index is 3.56. The number of amides is 1. The summed E-state index contributed by atoms with van der Waals surface area (Å²) in [6.07, 6.45) is 0. The second-order valence-corrected chi connectivity index (χ2v) is 4.81. The van der Waals surface area contributed by atoms with Crippen LogP contribution in [0.1, 0.15) is 27.7 Å². The van der Waals surface area contributed by atoms with Crippen LogP contribution in [0.15, 0.2) is 0 Å². The Labute approximate surface area is 92.6 Å². The maximum atomic E-state index is 11.5. The van der Waals surface area contributed by atoms with E-state index in [0.717, 1.165) is 6.61 Å². The van der Waals surface area contributed by atoms with Crippen molar-refractivity contribution in [1.82, 2.24) is 5.32 Å². The lowest BCUT2D eigenvalue weighted by molar-refractivity contribution is -0.129. The molecule has 0 aliphatic heterocycles. The zero-order chi connectivity index (χ0) is 11.9. The molecule has 0 aromatic rings. The molecule has 0 radical (unpaired) electrons. The fourth-order valence-corrected chi connectivity index (χ4v) is 0.888. The molecule has 0 aliphatic carbocycles. The second-order valence-electron chi connectivity index (χ2n) is 4.81. The van der Waals surface area contributed by atoms with Gasteiger partial charge in [-0.15, -0.1) is 0 Å². The molecule has 0 fully saturated rings. The van der Waals surface area contributed by atoms with Crippen LogP contribution < -0.4 is 11.1 Å². The SMILES string of the molecule is CC(C)COCCNC(=O)C(C)(C)CN. The van der Waals surface area contributed by atoms with E-state index < -0.39 is 5.41 Å². The fraction of sp³-hybridized carbons (Fsp3) is 0.909. The van der Waals surface area contributed by atoms with Crippen molar-refractivity contribution in [3.8, 4) is 0 Å². The smallest absolute Gasteiger partial charge is 0.227 e. The highest BCUT2D eigenvalue weighted by atomic mass is 16.5. The molecule has 0 saturated carbocycles. The highest BCUT2D eigenvalue weighted by Gasteiger charge is 2.24. The van der Waals surface area contributed by atoms with Gasteiger partial charge in [-0.2, -0.15) is 0 Å². The third-order valence-electron chi connectivity index (χ3n) is 2.11. The van der Waals surface area contributed by atoms with Gasteiger partial charge >= 0.3 is 0 Å². The lowest BCUT2D eigenvalue weighted by atomic mass is 9.93. The molecule has 0 rings (SSSR count). The summed E-state index contributed by atoms with van der Waals surface area (Å²) in [5, 5.41) is 2.80. The van der Waals surface area contributed by atoms with Gasteiger partial charge in [-0.3, -0.25) is 4.79 Å². The second kappa shape index (κ2) is 6.80. The monoisotopic (exact) mass is 216 g/mol. The molecular formula is C11H24N2O2. The van der Waals surface area contributed by atoms with E-state index >= 15 is 0 Å². The molecule has 1 amide bonds. The van der Waals surface area contributed by atoms with Gasteiger partial charge in [0.25, 0.3) is 0 Å². The van der Waals surface area contributed by atoms with E-state index in [4.69, 9.17) is 10.5 Å². The Morgan fingerprint density at radius 2 is 2.07 bits per heavy atom. The van der Waals surface area contributed by atoms with Gasteiger partial charge in [0.05, 0.1) is 12.0 Å². The van der Waals surface area contributed by atoms with Gasteiger partial charge in [0.2, 0.25) is 5.91 Å². The summed E-state index contributed by atoms with van der Waals surface area (Å²) in [7, 11) is 0. The van der Waals surface area contributed by atoms with Crippen molar-refractivity contribution >= 4 is 5.91 Å². The van der Waals surface area contributed by atoms with E-state index in [9.17, 15) is 4.79 Å². The Hall–Kier alpha value is -0.610. The van der Waals surface area contributed by atoms with E-state index in [-0.39, 0.29) is 5.91 Å². The van der Waals surface area contributed by atoms with Crippen molar-refractivity contribution in [3.05, 3.63) is 0 Å². The van der Waals surface area contributed by atoms with E-state index in [0.29, 0.717) is 25.6 Å². The topological polar surface area (TPSA) is 64.3 Å². The average molecular weight is 216 g/mol. The van der Waals surface area contributed by atoms with Crippen LogP contribution in [0.25, 0.3) is 0 Å². The van der Waals surface area contributed by atoms with Crippen LogP contribution in [0.2, 0.25) is 0 Å². The van der Waals surface area contributed by atoms with Crippen LogP contribution in [0.5, 0.6) is 0 Å². The molecule has 15 heavy (non-hydrogen) atoms. The number of nitrogens with one attached hydrogen (secondary N) is 1. The Bertz CT molecular complexity index is 191. The summed E-state index contributed by atoms with van der Waals surface area (Å²) in [5.41, 5.74) is 5.00. The highest BCUT2D eigenvalue weighted by molar-refractivity contribution is 5.81. The summed E-state index contributed by atoms with van der Waals surface area (Å²) in [6, 6.07) is 0. The molecule has 0 aliphatic rings. The Kier molecular flexibility index (Phi) is 6.52. The van der Waals surface area contributed by atoms with Gasteiger partial charge in [0.1, 0.15) is 0 Å². The lowest BCUT2D eigenvalue weighted by Gasteiger charge is -2.21. The predicted octanol–water partition coefficient (Wildman–Crippen LogP) is 0.760. The normalized spacial score (nSPS) is 11.9. The number of ether oxygens (including phenoxy) is 1. The van der Waals surface area contributed by atoms with Gasteiger partial charge in [-0.05, 0) is 19.8 Å². The molecule has 0 unspecified atom stereocenters. The maximum absolute atomic E-state index is 11.5. The third-order valence-corrected chi connectivity index (χ3v) is 2.11. The van der Waals surface area contributed by atoms with Crippen molar-refractivity contribution in [1.29, 1.82) is 0 Å². The molecule has 3 N–H and O–H groups in total. The number of nitrogens with two attached hydrogens (primary N) is 1. The predicted molar refractivity (Wildman–Crippen MR) is 61.5 cm³/mol. The quantitative estimate of drug-likeness (QED) is 0.618. The Morgan fingerprint density at radius 1 is 1.47 bits per heavy atom. The highest BCUT2D eigenvalue weighted by Crippen LogP contribution is 2.11. The van der Waals surface area contributed by atoms with Crippen LogP contribution in [-0.2, 0) is 9.53 Å². The first-order valence-corrected chi connectivity index (χ1v) is 5.46. The van der Waals surface area contributed by atoms with Crippen molar-refractivity contribution in [2.45, 2.75) is 27.7 Å². The van der Waals surface area contributed by atoms with Crippen LogP contribution in [0, 0.1) is 11.3 Å². The van der Waals surface area contributed by atoms with Gasteiger partial charge in [0, 0.05) is 19.7 Å². The van der Waals surface area contributed by atoms with Gasteiger partial charge in [-0.1, -0.05) is 13.8 Å². The average Bonchev–Trinajstić information content (AvgIpc) is 2.16. The third kappa shape index (κ3) is 6.47. The standard InChI is InChI=1S/C11H24N2O2/c1-9(2)7-15-6-5-13-10(14)11(3,4)8-12/h9H,5-8,12H2,1-4H3,(H,13,14). The molecular weight excluding hydrogens is 192 g/mol. The first-order chi connectivity index (χ1) is 6.90. The zero-order valence-corrected chi connectivity index (χ0v) is 10.3. The molecule has 4 heteroatoms. The van der Waals surface area contributed by atoms with E-state index in [1.165, 1.54) is 0 Å². The summed E-state index contributed by atoms with van der Waals surface area (Å²) in [5.74, 6) is 0.513. The first-order valence-electron chi connectivity index (χ1n) is 5.46. The van der Waals surface area contributed by atoms with E-state index in [1.54, 1.807) is 0 Å². The fourth-order valence-electron chi connectivity index (χ4n) is 0.888. The number of hydrogen-bond acceptors (Lipinski definition) is 3. The molecule has 0 aromatic carbocycles. The van der Waals surface area contributed by atoms with E-state index in [2.05, 4.69) is 19.2 Å². The number of carbonyl (C=O) groups is 1. The molecule has 0 saturated heterocycles. The summed E-state index contributed by atoms with van der Waals surface area (Å²) >= 11 is 0. The number of hydrogen-bond donors (Lipinski definition) is 2. The van der Waals surface area contributed by atoms with Gasteiger partial charge < -0.3 is 15.8 Å². The molecule has 0 heterocycles. The largest absolute Gasteiger partial charge is 0.379 e. The van der Waals surface area contributed by atoms with E-state index in [1.807, 2.05) is 13.8 Å². The van der Waals surface area contributed by atoms with Crippen molar-refractivity contribution in [2.75, 3.05) is 26.3 Å². The minimum absolute atomic E-state index is 0.0156. The molecule has 0 atom stereocenters. The molecule has 4 nitrogen and oxygen atoms in total.